The molecule has 1 amide bonds. The number of amides is 1. The van der Waals surface area contributed by atoms with Crippen LogP contribution in [0.1, 0.15) is 28.9 Å². The number of aryl methyl sites for hydroxylation is 1. The predicted octanol–water partition coefficient (Wildman–Crippen LogP) is 3.20. The zero-order chi connectivity index (χ0) is 21.2. The molecule has 8 nitrogen and oxygen atoms in total. The summed E-state index contributed by atoms with van der Waals surface area (Å²) < 4.78 is 8.14. The molecule has 4 aromatic heterocycles. The summed E-state index contributed by atoms with van der Waals surface area (Å²) in [6, 6.07) is 7.64. The van der Waals surface area contributed by atoms with Gasteiger partial charge in [0.25, 0.3) is 5.91 Å². The van der Waals surface area contributed by atoms with Crippen LogP contribution in [0, 0.1) is 6.92 Å². The average Bonchev–Trinajstić information content (AvgIpc) is 3.23. The highest BCUT2D eigenvalue weighted by molar-refractivity contribution is 5.95. The highest BCUT2D eigenvalue weighted by Gasteiger charge is 2.25. The molecule has 0 aliphatic carbocycles. The molecule has 1 saturated heterocycles. The summed E-state index contributed by atoms with van der Waals surface area (Å²) in [7, 11) is 0. The number of carbonyl (C=O) groups excluding carboxylic acids is 1. The van der Waals surface area contributed by atoms with Gasteiger partial charge in [0, 0.05) is 49.4 Å². The highest BCUT2D eigenvalue weighted by Crippen LogP contribution is 2.25. The summed E-state index contributed by atoms with van der Waals surface area (Å²) in [6.45, 7) is 3.19. The van der Waals surface area contributed by atoms with E-state index in [-0.39, 0.29) is 12.0 Å². The van der Waals surface area contributed by atoms with Crippen molar-refractivity contribution in [2.24, 2.45) is 0 Å². The zero-order valence-corrected chi connectivity index (χ0v) is 17.2. The molecule has 0 unspecified atom stereocenters. The Labute approximate surface area is 179 Å². The third-order valence-electron chi connectivity index (χ3n) is 5.60. The topological polar surface area (TPSA) is 86.0 Å². The number of carbonyl (C=O) groups is 1. The molecule has 1 aliphatic heterocycles. The van der Waals surface area contributed by atoms with Crippen molar-refractivity contribution in [3.05, 3.63) is 72.8 Å². The van der Waals surface area contributed by atoms with Crippen molar-refractivity contribution in [3.8, 4) is 11.4 Å². The molecule has 0 saturated carbocycles. The molecule has 0 radical (unpaired) electrons. The van der Waals surface area contributed by atoms with Gasteiger partial charge in [-0.2, -0.15) is 0 Å². The molecular weight excluding hydrogens is 392 g/mol. The Hall–Kier alpha value is -3.81. The second-order valence-electron chi connectivity index (χ2n) is 7.61. The van der Waals surface area contributed by atoms with E-state index in [1.807, 2.05) is 40.8 Å². The molecule has 5 rings (SSSR count). The molecule has 4 aromatic rings. The fourth-order valence-corrected chi connectivity index (χ4v) is 3.94. The molecule has 0 aromatic carbocycles. The maximum Gasteiger partial charge on any atom is 0.255 e. The lowest BCUT2D eigenvalue weighted by molar-refractivity contribution is 0.0594. The van der Waals surface area contributed by atoms with Gasteiger partial charge in [-0.3, -0.25) is 14.3 Å². The average molecular weight is 414 g/mol. The molecule has 5 heterocycles. The van der Waals surface area contributed by atoms with Crippen LogP contribution >= 0.6 is 0 Å². The standard InChI is InChI=1S/C23H22N6O2/c1-16-21(3-2-7-26-16)23(30)28-8-5-19(6-9-28)31-20-11-17-4-10-29(22(17)27-14-20)18-12-24-15-25-13-18/h2-4,7,10-15,19H,5-6,8-9H2,1H3. The van der Waals surface area contributed by atoms with Gasteiger partial charge in [0.15, 0.2) is 0 Å². The number of likely N-dealkylation sites (tertiary alicyclic amines) is 1. The number of fused-ring (bicyclic) bond motifs is 1. The maximum absolute atomic E-state index is 12.8. The molecule has 0 bridgehead atoms. The monoisotopic (exact) mass is 414 g/mol. The van der Waals surface area contributed by atoms with Gasteiger partial charge in [-0.25, -0.2) is 15.0 Å². The lowest BCUT2D eigenvalue weighted by Crippen LogP contribution is -2.42. The van der Waals surface area contributed by atoms with Crippen molar-refractivity contribution in [3.63, 3.8) is 0 Å². The van der Waals surface area contributed by atoms with Crippen molar-refractivity contribution in [2.75, 3.05) is 13.1 Å². The van der Waals surface area contributed by atoms with E-state index < -0.39 is 0 Å². The van der Waals surface area contributed by atoms with E-state index in [0.29, 0.717) is 18.7 Å². The van der Waals surface area contributed by atoms with Crippen LogP contribution in [-0.2, 0) is 0 Å². The zero-order valence-electron chi connectivity index (χ0n) is 17.2. The van der Waals surface area contributed by atoms with E-state index in [1.54, 1.807) is 30.9 Å². The van der Waals surface area contributed by atoms with Gasteiger partial charge in [-0.15, -0.1) is 0 Å². The molecule has 0 atom stereocenters. The predicted molar refractivity (Wildman–Crippen MR) is 115 cm³/mol. The van der Waals surface area contributed by atoms with Gasteiger partial charge in [-0.1, -0.05) is 0 Å². The van der Waals surface area contributed by atoms with Crippen LogP contribution < -0.4 is 4.74 Å². The Morgan fingerprint density at radius 3 is 2.68 bits per heavy atom. The van der Waals surface area contributed by atoms with Crippen molar-refractivity contribution >= 4 is 16.9 Å². The van der Waals surface area contributed by atoms with E-state index in [1.165, 1.54) is 6.33 Å². The van der Waals surface area contributed by atoms with Crippen LogP contribution in [0.2, 0.25) is 0 Å². The Bertz CT molecular complexity index is 1220. The maximum atomic E-state index is 12.8. The van der Waals surface area contributed by atoms with E-state index in [2.05, 4.69) is 19.9 Å². The summed E-state index contributed by atoms with van der Waals surface area (Å²) in [5, 5.41) is 0.987. The fraction of sp³-hybridized carbons (Fsp3) is 0.261. The number of piperidine rings is 1. The summed E-state index contributed by atoms with van der Waals surface area (Å²) in [5.41, 5.74) is 3.12. The van der Waals surface area contributed by atoms with E-state index >= 15 is 0 Å². The summed E-state index contributed by atoms with van der Waals surface area (Å²) >= 11 is 0. The number of pyridine rings is 2. The molecule has 156 valence electrons. The van der Waals surface area contributed by atoms with Crippen molar-refractivity contribution in [1.82, 2.24) is 29.4 Å². The highest BCUT2D eigenvalue weighted by atomic mass is 16.5. The molecule has 0 spiro atoms. The quantitative estimate of drug-likeness (QED) is 0.510. The van der Waals surface area contributed by atoms with Crippen molar-refractivity contribution in [2.45, 2.75) is 25.9 Å². The third kappa shape index (κ3) is 3.84. The summed E-state index contributed by atoms with van der Waals surface area (Å²) in [6.07, 6.45) is 12.0. The van der Waals surface area contributed by atoms with Gasteiger partial charge in [0.2, 0.25) is 0 Å². The first-order chi connectivity index (χ1) is 15.2. The molecule has 1 aliphatic rings. The van der Waals surface area contributed by atoms with Gasteiger partial charge in [-0.05, 0) is 31.2 Å². The SMILES string of the molecule is Cc1ncccc1C(=O)N1CCC(Oc2cnc3c(ccn3-c3cncnc3)c2)CC1. The number of hydrogen-bond donors (Lipinski definition) is 0. The van der Waals surface area contributed by atoms with Crippen molar-refractivity contribution < 1.29 is 9.53 Å². The minimum absolute atomic E-state index is 0.0402. The van der Waals surface area contributed by atoms with E-state index in [0.717, 1.165) is 41.0 Å². The summed E-state index contributed by atoms with van der Waals surface area (Å²) in [4.78, 5) is 31.6. The number of nitrogens with zero attached hydrogens (tertiary/aromatic N) is 6. The molecule has 1 fully saturated rings. The number of aromatic nitrogens is 5. The number of rotatable bonds is 4. The van der Waals surface area contributed by atoms with Crippen molar-refractivity contribution in [1.29, 1.82) is 0 Å². The van der Waals surface area contributed by atoms with Gasteiger partial charge < -0.3 is 9.64 Å². The van der Waals surface area contributed by atoms with Crippen LogP contribution in [0.3, 0.4) is 0 Å². The van der Waals surface area contributed by atoms with Crippen LogP contribution in [0.5, 0.6) is 5.75 Å². The number of hydrogen-bond acceptors (Lipinski definition) is 6. The third-order valence-corrected chi connectivity index (χ3v) is 5.60. The van der Waals surface area contributed by atoms with Gasteiger partial charge >= 0.3 is 0 Å². The van der Waals surface area contributed by atoms with Gasteiger partial charge in [0.1, 0.15) is 23.8 Å². The smallest absolute Gasteiger partial charge is 0.255 e. The largest absolute Gasteiger partial charge is 0.489 e. The second kappa shape index (κ2) is 8.14. The Morgan fingerprint density at radius 1 is 1.10 bits per heavy atom. The van der Waals surface area contributed by atoms with Gasteiger partial charge in [0.05, 0.1) is 29.8 Å². The molecule has 31 heavy (non-hydrogen) atoms. The first-order valence-corrected chi connectivity index (χ1v) is 10.3. The molecular formula is C23H22N6O2. The van der Waals surface area contributed by atoms with Crippen LogP contribution in [-0.4, -0.2) is 54.5 Å². The normalized spacial score (nSPS) is 14.7. The first-order valence-electron chi connectivity index (χ1n) is 10.3. The van der Waals surface area contributed by atoms with Crippen LogP contribution in [0.15, 0.2) is 61.6 Å². The number of ether oxygens (including phenoxy) is 1. The lowest BCUT2D eigenvalue weighted by Gasteiger charge is -2.32. The molecule has 8 heteroatoms. The second-order valence-corrected chi connectivity index (χ2v) is 7.61. The first kappa shape index (κ1) is 19.2. The Kier molecular flexibility index (Phi) is 5.03. The molecule has 0 N–H and O–H groups in total. The van der Waals surface area contributed by atoms with Crippen LogP contribution in [0.25, 0.3) is 16.7 Å². The van der Waals surface area contributed by atoms with E-state index in [4.69, 9.17) is 4.74 Å². The van der Waals surface area contributed by atoms with E-state index in [9.17, 15) is 4.79 Å². The van der Waals surface area contributed by atoms with Crippen LogP contribution in [0.4, 0.5) is 0 Å². The Balaban J connectivity index is 1.24. The lowest BCUT2D eigenvalue weighted by atomic mass is 10.1. The Morgan fingerprint density at radius 2 is 1.90 bits per heavy atom. The minimum atomic E-state index is 0.0402. The fourth-order valence-electron chi connectivity index (χ4n) is 3.94. The summed E-state index contributed by atoms with van der Waals surface area (Å²) in [5.74, 6) is 0.779. The minimum Gasteiger partial charge on any atom is -0.489 e.